The van der Waals surface area contributed by atoms with E-state index in [1.54, 1.807) is 6.92 Å². The van der Waals surface area contributed by atoms with Crippen molar-refractivity contribution in [2.75, 3.05) is 39.3 Å². The van der Waals surface area contributed by atoms with Gasteiger partial charge in [-0.15, -0.1) is 0 Å². The second-order valence-electron chi connectivity index (χ2n) is 8.78. The van der Waals surface area contributed by atoms with Crippen LogP contribution in [0.4, 0.5) is 0 Å². The Bertz CT molecular complexity index is 1100. The van der Waals surface area contributed by atoms with E-state index in [0.29, 0.717) is 6.61 Å². The number of rotatable bonds is 4. The first-order chi connectivity index (χ1) is 15.7. The lowest BCUT2D eigenvalue weighted by atomic mass is 10.1. The molecule has 0 unspecified atom stereocenters. The predicted octanol–water partition coefficient (Wildman–Crippen LogP) is 3.29. The maximum Gasteiger partial charge on any atom is 0.219 e. The maximum atomic E-state index is 11.6. The van der Waals surface area contributed by atoms with E-state index < -0.39 is 0 Å². The molecule has 0 bridgehead atoms. The van der Waals surface area contributed by atoms with E-state index in [0.717, 1.165) is 63.6 Å². The predicted molar refractivity (Wildman–Crippen MR) is 125 cm³/mol. The molecule has 166 valence electrons. The van der Waals surface area contributed by atoms with Crippen LogP contribution in [-0.4, -0.2) is 64.9 Å². The van der Waals surface area contributed by atoms with Gasteiger partial charge in [0.05, 0.1) is 5.52 Å². The topological polar surface area (TPSA) is 48.9 Å². The molecule has 0 aliphatic carbocycles. The number of piperazine rings is 1. The van der Waals surface area contributed by atoms with Crippen LogP contribution < -0.4 is 4.74 Å². The fourth-order valence-corrected chi connectivity index (χ4v) is 4.75. The van der Waals surface area contributed by atoms with Crippen molar-refractivity contribution in [3.05, 3.63) is 71.4 Å². The van der Waals surface area contributed by atoms with Gasteiger partial charge < -0.3 is 9.64 Å². The van der Waals surface area contributed by atoms with Gasteiger partial charge in [0.25, 0.3) is 0 Å². The average molecular weight is 431 g/mol. The summed E-state index contributed by atoms with van der Waals surface area (Å²) in [5.41, 5.74) is 4.89. The monoisotopic (exact) mass is 430 g/mol. The molecule has 2 aliphatic rings. The first-order valence-corrected chi connectivity index (χ1v) is 11.4. The number of amides is 1. The number of benzene rings is 2. The average Bonchev–Trinajstić information content (AvgIpc) is 3.01. The molecule has 1 saturated heterocycles. The number of hydrogen-bond acceptors (Lipinski definition) is 5. The van der Waals surface area contributed by atoms with Crippen LogP contribution in [0.1, 0.15) is 23.6 Å². The largest absolute Gasteiger partial charge is 0.492 e. The van der Waals surface area contributed by atoms with E-state index in [4.69, 9.17) is 4.74 Å². The van der Waals surface area contributed by atoms with E-state index in [9.17, 15) is 4.79 Å². The minimum absolute atomic E-state index is 0.174. The fourth-order valence-electron chi connectivity index (χ4n) is 4.75. The molecule has 2 aliphatic heterocycles. The lowest BCUT2D eigenvalue weighted by Gasteiger charge is -2.34. The molecule has 1 amide bonds. The molecule has 6 heteroatoms. The Balaban J connectivity index is 1.29. The summed E-state index contributed by atoms with van der Waals surface area (Å²) in [6, 6.07) is 17.1. The van der Waals surface area contributed by atoms with Gasteiger partial charge in [0.2, 0.25) is 5.91 Å². The molecule has 1 aromatic heterocycles. The summed E-state index contributed by atoms with van der Waals surface area (Å²) in [7, 11) is 0. The lowest BCUT2D eigenvalue weighted by Crippen LogP contribution is -2.47. The molecule has 1 fully saturated rings. The minimum atomic E-state index is 0.174. The summed E-state index contributed by atoms with van der Waals surface area (Å²) in [5, 5.41) is 1.18. The van der Waals surface area contributed by atoms with Crippen molar-refractivity contribution in [1.82, 2.24) is 19.7 Å². The summed E-state index contributed by atoms with van der Waals surface area (Å²) >= 11 is 0. The molecular formula is C26H30N4O2. The zero-order valence-electron chi connectivity index (χ0n) is 18.7. The molecule has 3 aromatic rings. The summed E-state index contributed by atoms with van der Waals surface area (Å²) in [6.45, 7) is 9.35. The van der Waals surface area contributed by atoms with Gasteiger partial charge in [0.15, 0.2) is 0 Å². The molecule has 0 N–H and O–H groups in total. The van der Waals surface area contributed by atoms with Crippen LogP contribution in [0.25, 0.3) is 10.9 Å². The van der Waals surface area contributed by atoms with E-state index in [1.165, 1.54) is 22.1 Å². The first kappa shape index (κ1) is 20.9. The second-order valence-corrected chi connectivity index (χ2v) is 8.78. The van der Waals surface area contributed by atoms with Crippen LogP contribution in [0.15, 0.2) is 54.7 Å². The van der Waals surface area contributed by atoms with Crippen molar-refractivity contribution in [3.8, 4) is 5.75 Å². The van der Waals surface area contributed by atoms with Crippen molar-refractivity contribution in [3.63, 3.8) is 0 Å². The highest BCUT2D eigenvalue weighted by Crippen LogP contribution is 2.27. The number of carbonyl (C=O) groups is 1. The third-order valence-electron chi connectivity index (χ3n) is 6.52. The van der Waals surface area contributed by atoms with Gasteiger partial charge in [-0.3, -0.25) is 19.6 Å². The van der Waals surface area contributed by atoms with Gasteiger partial charge in [-0.2, -0.15) is 0 Å². The Kier molecular flexibility index (Phi) is 6.06. The van der Waals surface area contributed by atoms with Crippen LogP contribution in [-0.2, 0) is 24.4 Å². The third-order valence-corrected chi connectivity index (χ3v) is 6.52. The van der Waals surface area contributed by atoms with Crippen LogP contribution in [0.3, 0.4) is 0 Å². The molecule has 0 spiro atoms. The highest BCUT2D eigenvalue weighted by molar-refractivity contribution is 5.81. The molecule has 2 aromatic carbocycles. The number of nitrogens with zero attached hydrogens (tertiary/aromatic N) is 4. The van der Waals surface area contributed by atoms with E-state index in [1.807, 2.05) is 17.2 Å². The van der Waals surface area contributed by atoms with Crippen molar-refractivity contribution >= 4 is 16.8 Å². The molecule has 32 heavy (non-hydrogen) atoms. The minimum Gasteiger partial charge on any atom is -0.492 e. The van der Waals surface area contributed by atoms with Crippen LogP contribution in [0.5, 0.6) is 5.75 Å². The van der Waals surface area contributed by atoms with Crippen molar-refractivity contribution in [2.24, 2.45) is 0 Å². The van der Waals surface area contributed by atoms with Gasteiger partial charge in [-0.1, -0.05) is 30.3 Å². The van der Waals surface area contributed by atoms with E-state index >= 15 is 0 Å². The number of carbonyl (C=O) groups excluding carboxylic acids is 1. The highest BCUT2D eigenvalue weighted by Gasteiger charge is 2.20. The molecule has 3 heterocycles. The number of ether oxygens (including phenoxy) is 1. The van der Waals surface area contributed by atoms with E-state index in [2.05, 4.69) is 57.2 Å². The maximum absolute atomic E-state index is 11.6. The smallest absolute Gasteiger partial charge is 0.219 e. The molecule has 6 nitrogen and oxygen atoms in total. The van der Waals surface area contributed by atoms with E-state index in [-0.39, 0.29) is 5.91 Å². The highest BCUT2D eigenvalue weighted by atomic mass is 16.5. The van der Waals surface area contributed by atoms with Gasteiger partial charge in [0, 0.05) is 76.4 Å². The fraction of sp³-hybridized carbons (Fsp3) is 0.385. The normalized spacial score (nSPS) is 17.6. The number of para-hydroxylation sites is 1. The van der Waals surface area contributed by atoms with Gasteiger partial charge in [-0.25, -0.2) is 0 Å². The standard InChI is InChI=1S/C26H30N4O2/c1-20(31)30-12-10-28(11-13-30)17-21-7-8-25-24(16-21)19-29(14-15-32-25)18-23-5-2-4-22-6-3-9-27-26(22)23/h2-9,16H,10-15,17-19H2,1H3. The van der Waals surface area contributed by atoms with Gasteiger partial charge >= 0.3 is 0 Å². The molecule has 0 saturated carbocycles. The Morgan fingerprint density at radius 2 is 1.81 bits per heavy atom. The summed E-state index contributed by atoms with van der Waals surface area (Å²) in [6.07, 6.45) is 1.87. The number of aromatic nitrogens is 1. The number of fused-ring (bicyclic) bond motifs is 2. The lowest BCUT2D eigenvalue weighted by molar-refractivity contribution is -0.130. The summed E-state index contributed by atoms with van der Waals surface area (Å²) < 4.78 is 6.07. The van der Waals surface area contributed by atoms with Gasteiger partial charge in [0.1, 0.15) is 12.4 Å². The van der Waals surface area contributed by atoms with Crippen molar-refractivity contribution in [2.45, 2.75) is 26.6 Å². The van der Waals surface area contributed by atoms with Crippen LogP contribution in [0, 0.1) is 0 Å². The van der Waals surface area contributed by atoms with Crippen LogP contribution in [0.2, 0.25) is 0 Å². The SMILES string of the molecule is CC(=O)N1CCN(Cc2ccc3c(c2)CN(Cc2cccc4cccnc24)CCO3)CC1. The quantitative estimate of drug-likeness (QED) is 0.636. The number of hydrogen-bond donors (Lipinski definition) is 0. The Labute approximate surface area is 189 Å². The number of pyridine rings is 1. The molecule has 0 radical (unpaired) electrons. The van der Waals surface area contributed by atoms with Gasteiger partial charge in [-0.05, 0) is 29.3 Å². The third kappa shape index (κ3) is 4.61. The zero-order chi connectivity index (χ0) is 21.9. The van der Waals surface area contributed by atoms with Crippen LogP contribution >= 0.6 is 0 Å². The Morgan fingerprint density at radius 1 is 0.969 bits per heavy atom. The van der Waals surface area contributed by atoms with Crippen molar-refractivity contribution in [1.29, 1.82) is 0 Å². The second kappa shape index (κ2) is 9.27. The molecular weight excluding hydrogens is 400 g/mol. The Hall–Kier alpha value is -2.96. The van der Waals surface area contributed by atoms with Crippen molar-refractivity contribution < 1.29 is 9.53 Å². The Morgan fingerprint density at radius 3 is 2.66 bits per heavy atom. The summed E-state index contributed by atoms with van der Waals surface area (Å²) in [4.78, 5) is 23.0. The molecule has 5 rings (SSSR count). The summed E-state index contributed by atoms with van der Waals surface area (Å²) in [5.74, 6) is 1.17. The molecule has 0 atom stereocenters. The first-order valence-electron chi connectivity index (χ1n) is 11.4. The zero-order valence-corrected chi connectivity index (χ0v) is 18.7.